The highest BCUT2D eigenvalue weighted by molar-refractivity contribution is 7.98. The van der Waals surface area contributed by atoms with E-state index in [4.69, 9.17) is 9.47 Å². The Morgan fingerprint density at radius 2 is 1.72 bits per heavy atom. The number of carbonyl (C=O) groups is 1. The minimum absolute atomic E-state index is 0.0673. The Labute approximate surface area is 188 Å². The Hall–Kier alpha value is -3.45. The number of fused-ring (bicyclic) bond motifs is 1. The molecule has 4 aromatic rings. The van der Waals surface area contributed by atoms with Gasteiger partial charge in [-0.1, -0.05) is 36.4 Å². The van der Waals surface area contributed by atoms with E-state index in [1.165, 1.54) is 43.1 Å². The van der Waals surface area contributed by atoms with Crippen LogP contribution >= 0.6 is 11.8 Å². The zero-order valence-electron chi connectivity index (χ0n) is 17.2. The molecule has 0 bridgehead atoms. The SMILES string of the molecule is COC(=O)c1c(SCc2ccc(F)cc2)nc2ccccc2c1OCc1cccc(F)c1. The third kappa shape index (κ3) is 4.89. The van der Waals surface area contributed by atoms with Crippen LogP contribution in [0.15, 0.2) is 77.8 Å². The van der Waals surface area contributed by atoms with E-state index in [0.717, 1.165) is 5.56 Å². The summed E-state index contributed by atoms with van der Waals surface area (Å²) >= 11 is 1.33. The van der Waals surface area contributed by atoms with Crippen molar-refractivity contribution >= 4 is 28.6 Å². The molecule has 0 saturated heterocycles. The van der Waals surface area contributed by atoms with Gasteiger partial charge in [0.1, 0.15) is 34.6 Å². The predicted octanol–water partition coefficient (Wildman–Crippen LogP) is 6.17. The summed E-state index contributed by atoms with van der Waals surface area (Å²) in [6.45, 7) is 0.0673. The van der Waals surface area contributed by atoms with E-state index in [1.54, 1.807) is 24.3 Å². The molecular weight excluding hydrogens is 432 g/mol. The lowest BCUT2D eigenvalue weighted by Gasteiger charge is -2.16. The van der Waals surface area contributed by atoms with E-state index in [1.807, 2.05) is 24.3 Å². The topological polar surface area (TPSA) is 48.4 Å². The molecule has 4 rings (SSSR count). The number of para-hydroxylation sites is 1. The van der Waals surface area contributed by atoms with E-state index in [2.05, 4.69) is 4.98 Å². The lowest BCUT2D eigenvalue weighted by molar-refractivity contribution is 0.0590. The molecule has 0 fully saturated rings. The van der Waals surface area contributed by atoms with Gasteiger partial charge in [-0.05, 0) is 47.5 Å². The average molecular weight is 451 g/mol. The Balaban J connectivity index is 1.74. The minimum Gasteiger partial charge on any atom is -0.487 e. The molecule has 0 amide bonds. The van der Waals surface area contributed by atoms with Crippen molar-refractivity contribution in [3.05, 3.63) is 101 Å². The first-order valence-corrected chi connectivity index (χ1v) is 10.8. The summed E-state index contributed by atoms with van der Waals surface area (Å²) in [4.78, 5) is 17.4. The summed E-state index contributed by atoms with van der Waals surface area (Å²) in [5.41, 5.74) is 2.36. The fourth-order valence-electron chi connectivity index (χ4n) is 3.21. The maximum Gasteiger partial charge on any atom is 0.344 e. The maximum absolute atomic E-state index is 13.6. The van der Waals surface area contributed by atoms with E-state index in [-0.39, 0.29) is 23.8 Å². The van der Waals surface area contributed by atoms with Crippen molar-refractivity contribution in [1.82, 2.24) is 4.98 Å². The second-order valence-electron chi connectivity index (χ2n) is 6.96. The molecular formula is C25H19F2NO3S. The second kappa shape index (κ2) is 9.78. The van der Waals surface area contributed by atoms with Crippen molar-refractivity contribution in [1.29, 1.82) is 0 Å². The van der Waals surface area contributed by atoms with Crippen LogP contribution in [0.25, 0.3) is 10.9 Å². The Bertz CT molecular complexity index is 1260. The number of carbonyl (C=O) groups excluding carboxylic acids is 1. The lowest BCUT2D eigenvalue weighted by atomic mass is 10.1. The molecule has 32 heavy (non-hydrogen) atoms. The number of methoxy groups -OCH3 is 1. The molecule has 162 valence electrons. The van der Waals surface area contributed by atoms with E-state index in [9.17, 15) is 13.6 Å². The van der Waals surface area contributed by atoms with Crippen LogP contribution in [0.1, 0.15) is 21.5 Å². The Morgan fingerprint density at radius 1 is 0.938 bits per heavy atom. The van der Waals surface area contributed by atoms with Crippen LogP contribution < -0.4 is 4.74 Å². The molecule has 0 spiro atoms. The van der Waals surface area contributed by atoms with Crippen LogP contribution in [0.4, 0.5) is 8.78 Å². The van der Waals surface area contributed by atoms with Crippen LogP contribution in [-0.2, 0) is 17.1 Å². The molecule has 4 nitrogen and oxygen atoms in total. The van der Waals surface area contributed by atoms with Gasteiger partial charge in [0.2, 0.25) is 0 Å². The van der Waals surface area contributed by atoms with Crippen LogP contribution in [0.2, 0.25) is 0 Å². The normalized spacial score (nSPS) is 10.8. The van der Waals surface area contributed by atoms with Crippen LogP contribution in [0.3, 0.4) is 0 Å². The van der Waals surface area contributed by atoms with Gasteiger partial charge in [0.05, 0.1) is 12.6 Å². The van der Waals surface area contributed by atoms with Crippen molar-refractivity contribution in [3.8, 4) is 5.75 Å². The monoisotopic (exact) mass is 451 g/mol. The molecule has 7 heteroatoms. The highest BCUT2D eigenvalue weighted by atomic mass is 32.2. The first-order chi connectivity index (χ1) is 15.5. The average Bonchev–Trinajstić information content (AvgIpc) is 2.81. The van der Waals surface area contributed by atoms with Crippen molar-refractivity contribution in [2.45, 2.75) is 17.4 Å². The minimum atomic E-state index is -0.584. The summed E-state index contributed by atoms with van der Waals surface area (Å²) in [5.74, 6) is -0.466. The second-order valence-corrected chi connectivity index (χ2v) is 7.93. The Kier molecular flexibility index (Phi) is 6.66. The lowest BCUT2D eigenvalue weighted by Crippen LogP contribution is -2.10. The molecule has 0 aliphatic rings. The third-order valence-corrected chi connectivity index (χ3v) is 5.81. The smallest absolute Gasteiger partial charge is 0.344 e. The molecule has 0 aliphatic heterocycles. The molecule has 3 aromatic carbocycles. The molecule has 0 aliphatic carbocycles. The van der Waals surface area contributed by atoms with Gasteiger partial charge in [0.25, 0.3) is 0 Å². The summed E-state index contributed by atoms with van der Waals surface area (Å²) in [7, 11) is 1.29. The van der Waals surface area contributed by atoms with Crippen LogP contribution in [-0.4, -0.2) is 18.1 Å². The quantitative estimate of drug-likeness (QED) is 0.248. The number of ether oxygens (including phenoxy) is 2. The number of rotatable bonds is 7. The predicted molar refractivity (Wildman–Crippen MR) is 120 cm³/mol. The van der Waals surface area contributed by atoms with Gasteiger partial charge in [-0.2, -0.15) is 0 Å². The fraction of sp³-hybridized carbons (Fsp3) is 0.120. The number of nitrogens with zero attached hydrogens (tertiary/aromatic N) is 1. The third-order valence-electron chi connectivity index (χ3n) is 4.76. The molecule has 0 atom stereocenters. The summed E-state index contributed by atoms with van der Waals surface area (Å²) in [6, 6.07) is 19.5. The van der Waals surface area contributed by atoms with Gasteiger partial charge in [0.15, 0.2) is 0 Å². The number of aromatic nitrogens is 1. The van der Waals surface area contributed by atoms with E-state index >= 15 is 0 Å². The molecule has 0 N–H and O–H groups in total. The summed E-state index contributed by atoms with van der Waals surface area (Å²) in [6.07, 6.45) is 0. The van der Waals surface area contributed by atoms with Gasteiger partial charge in [0, 0.05) is 11.1 Å². The molecule has 0 unspecified atom stereocenters. The van der Waals surface area contributed by atoms with Gasteiger partial charge in [-0.15, -0.1) is 11.8 Å². The van der Waals surface area contributed by atoms with Crippen molar-refractivity contribution in [3.63, 3.8) is 0 Å². The summed E-state index contributed by atoms with van der Waals surface area (Å²) in [5, 5.41) is 1.09. The molecule has 1 aromatic heterocycles. The molecule has 0 radical (unpaired) electrons. The van der Waals surface area contributed by atoms with E-state index in [0.29, 0.717) is 33.0 Å². The number of benzene rings is 3. The highest BCUT2D eigenvalue weighted by Gasteiger charge is 2.24. The molecule has 1 heterocycles. The largest absolute Gasteiger partial charge is 0.487 e. The number of hydrogen-bond acceptors (Lipinski definition) is 5. The van der Waals surface area contributed by atoms with E-state index < -0.39 is 5.97 Å². The fourth-order valence-corrected chi connectivity index (χ4v) is 4.19. The van der Waals surface area contributed by atoms with Crippen molar-refractivity contribution < 1.29 is 23.0 Å². The number of pyridine rings is 1. The van der Waals surface area contributed by atoms with Crippen LogP contribution in [0, 0.1) is 11.6 Å². The molecule has 0 saturated carbocycles. The maximum atomic E-state index is 13.6. The standard InChI is InChI=1S/C25H19F2NO3S/c1-30-25(29)22-23(31-14-17-5-4-6-19(27)13-17)20-7-2-3-8-21(20)28-24(22)32-15-16-9-11-18(26)12-10-16/h2-13H,14-15H2,1H3. The number of halogens is 2. The van der Waals surface area contributed by atoms with Crippen molar-refractivity contribution in [2.75, 3.05) is 7.11 Å². The number of hydrogen-bond donors (Lipinski definition) is 0. The zero-order valence-corrected chi connectivity index (χ0v) is 18.0. The first kappa shape index (κ1) is 21.8. The first-order valence-electron chi connectivity index (χ1n) is 9.80. The van der Waals surface area contributed by atoms with Gasteiger partial charge in [-0.25, -0.2) is 18.6 Å². The van der Waals surface area contributed by atoms with Crippen LogP contribution in [0.5, 0.6) is 5.75 Å². The van der Waals surface area contributed by atoms with Gasteiger partial charge in [-0.3, -0.25) is 0 Å². The van der Waals surface area contributed by atoms with Gasteiger partial charge >= 0.3 is 5.97 Å². The zero-order chi connectivity index (χ0) is 22.5. The number of thioether (sulfide) groups is 1. The number of esters is 1. The summed E-state index contributed by atoms with van der Waals surface area (Å²) < 4.78 is 37.9. The Morgan fingerprint density at radius 3 is 2.47 bits per heavy atom. The van der Waals surface area contributed by atoms with Crippen molar-refractivity contribution in [2.24, 2.45) is 0 Å². The highest BCUT2D eigenvalue weighted by Crippen LogP contribution is 2.37. The van der Waals surface area contributed by atoms with Gasteiger partial charge < -0.3 is 9.47 Å².